The van der Waals surface area contributed by atoms with Crippen molar-refractivity contribution in [3.63, 3.8) is 0 Å². The van der Waals surface area contributed by atoms with Crippen LogP contribution in [0.4, 0.5) is 5.82 Å². The summed E-state index contributed by atoms with van der Waals surface area (Å²) >= 11 is 2.02. The normalized spacial score (nSPS) is 15.4. The van der Waals surface area contributed by atoms with E-state index < -0.39 is 63.5 Å². The molecule has 4 N–H and O–H groups in total. The molecule has 0 saturated carbocycles. The Morgan fingerprint density at radius 3 is 1.92 bits per heavy atom. The molecular formula is C52H66N4O13S2. The molecule has 0 bridgehead atoms. The number of esters is 3. The van der Waals surface area contributed by atoms with Crippen molar-refractivity contribution in [2.24, 2.45) is 21.2 Å². The van der Waals surface area contributed by atoms with Gasteiger partial charge in [-0.3, -0.25) is 24.1 Å². The second kappa shape index (κ2) is 25.3. The predicted molar refractivity (Wildman–Crippen MR) is 275 cm³/mol. The molecule has 4 unspecified atom stereocenters. The number of hydrogen-bond acceptors (Lipinski definition) is 15. The number of carboxylic acid groups (broad SMARTS) is 1. The molecule has 0 aliphatic carbocycles. The number of anilines is 1. The number of benzene rings is 2. The van der Waals surface area contributed by atoms with Crippen molar-refractivity contribution in [3.8, 4) is 11.1 Å². The van der Waals surface area contributed by atoms with Crippen molar-refractivity contribution in [2.45, 2.75) is 112 Å². The van der Waals surface area contributed by atoms with E-state index >= 15 is 0 Å². The van der Waals surface area contributed by atoms with Crippen molar-refractivity contribution in [2.75, 3.05) is 30.9 Å². The van der Waals surface area contributed by atoms with E-state index in [1.165, 1.54) is 18.7 Å². The highest BCUT2D eigenvalue weighted by Crippen LogP contribution is 2.47. The lowest BCUT2D eigenvalue weighted by atomic mass is 9.61. The van der Waals surface area contributed by atoms with Gasteiger partial charge in [-0.2, -0.15) is 4.89 Å². The number of carbonyl (C=O) groups excluding carboxylic acids is 6. The van der Waals surface area contributed by atoms with Crippen molar-refractivity contribution in [1.29, 1.82) is 0 Å². The number of aromatic amines is 1. The van der Waals surface area contributed by atoms with Crippen LogP contribution in [0.15, 0.2) is 76.9 Å². The van der Waals surface area contributed by atoms with Gasteiger partial charge in [0.15, 0.2) is 5.44 Å². The van der Waals surface area contributed by atoms with Crippen LogP contribution in [0.2, 0.25) is 0 Å². The minimum Gasteiger partial charge on any atom is -0.481 e. The maximum atomic E-state index is 14.0. The summed E-state index contributed by atoms with van der Waals surface area (Å²) in [5, 5.41) is 13.3. The summed E-state index contributed by atoms with van der Waals surface area (Å²) in [6, 6.07) is 17.7. The van der Waals surface area contributed by atoms with Gasteiger partial charge in [-0.1, -0.05) is 102 Å². The van der Waals surface area contributed by atoms with Crippen LogP contribution in [0.25, 0.3) is 22.8 Å². The number of amides is 2. The molecule has 0 saturated heterocycles. The van der Waals surface area contributed by atoms with E-state index in [0.29, 0.717) is 28.9 Å². The first-order valence-corrected chi connectivity index (χ1v) is 25.2. The second-order valence-electron chi connectivity index (χ2n) is 19.0. The number of nitrogens with one attached hydrogen (secondary N) is 3. The number of thioether (sulfide) groups is 2. The van der Waals surface area contributed by atoms with E-state index in [2.05, 4.69) is 41.3 Å². The number of hydrogen-bond donors (Lipinski definition) is 4. The van der Waals surface area contributed by atoms with Gasteiger partial charge in [0.2, 0.25) is 11.8 Å². The molecule has 0 fully saturated rings. The standard InChI is InChI=1S/C52H66N4O13S2/c1-13-65-47(62)41-39(33-21-17-15-18-22-33)35(53-43(41)55-45(60)30(3)70-26-25-67-49(64)52(12,51(9,10)11)29-50(6,7)8)27-36-40(34-23-19-16-20-24-34)42(48(63)66-14-2)44(54-36)56-46(61)31(4)71-38(28-37(58)59)69-68-32(5)57/h15-24,27,30-31,38,53H,13-14,25-26,28-29H2,1-12H3,(H,55,60)(H,58,59)(H,54,56,61)/b36-27-. The lowest BCUT2D eigenvalue weighted by Crippen LogP contribution is -2.44. The third kappa shape index (κ3) is 15.7. The Kier molecular flexibility index (Phi) is 20.4. The summed E-state index contributed by atoms with van der Waals surface area (Å²) in [5.74, 6) is -5.00. The molecule has 2 aromatic carbocycles. The van der Waals surface area contributed by atoms with Crippen LogP contribution in [-0.2, 0) is 52.8 Å². The van der Waals surface area contributed by atoms with Gasteiger partial charge in [-0.05, 0) is 69.1 Å². The number of ether oxygens (including phenoxy) is 3. The molecule has 1 aliphatic heterocycles. The summed E-state index contributed by atoms with van der Waals surface area (Å²) < 4.78 is 16.9. The molecule has 0 spiro atoms. The van der Waals surface area contributed by atoms with Crippen molar-refractivity contribution in [3.05, 3.63) is 88.8 Å². The molecule has 4 rings (SSSR count). The van der Waals surface area contributed by atoms with Crippen molar-refractivity contribution < 1.29 is 62.7 Å². The van der Waals surface area contributed by atoms with Gasteiger partial charge in [0.1, 0.15) is 29.4 Å². The smallest absolute Gasteiger partial charge is 0.342 e. The summed E-state index contributed by atoms with van der Waals surface area (Å²) in [6.45, 7) is 21.8. The number of aliphatic imine (C=N–C) groups is 1. The first-order chi connectivity index (χ1) is 33.3. The van der Waals surface area contributed by atoms with Crippen LogP contribution < -0.4 is 10.6 Å². The number of aromatic nitrogens is 1. The van der Waals surface area contributed by atoms with Crippen LogP contribution in [0, 0.1) is 16.2 Å². The monoisotopic (exact) mass is 1020 g/mol. The Morgan fingerprint density at radius 2 is 1.37 bits per heavy atom. The third-order valence-electron chi connectivity index (χ3n) is 11.2. The topological polar surface area (TPSA) is 238 Å². The molecule has 71 heavy (non-hydrogen) atoms. The first kappa shape index (κ1) is 57.4. The average Bonchev–Trinajstić information content (AvgIpc) is 3.83. The molecule has 17 nitrogen and oxygen atoms in total. The lowest BCUT2D eigenvalue weighted by Gasteiger charge is -2.43. The number of allylic oxidation sites excluding steroid dienone is 1. The van der Waals surface area contributed by atoms with Gasteiger partial charge in [-0.15, -0.1) is 23.5 Å². The minimum atomic E-state index is -1.27. The Bertz CT molecular complexity index is 2520. The molecule has 1 aromatic heterocycles. The van der Waals surface area contributed by atoms with Crippen LogP contribution in [0.3, 0.4) is 0 Å². The fourth-order valence-corrected chi connectivity index (χ4v) is 9.25. The van der Waals surface area contributed by atoms with E-state index in [0.717, 1.165) is 18.7 Å². The Labute approximate surface area is 423 Å². The summed E-state index contributed by atoms with van der Waals surface area (Å²) in [5.41, 5.74) is -0.560. The lowest BCUT2D eigenvalue weighted by molar-refractivity contribution is -0.278. The predicted octanol–water partition coefficient (Wildman–Crippen LogP) is 9.25. The van der Waals surface area contributed by atoms with Gasteiger partial charge in [0.05, 0.1) is 46.9 Å². The van der Waals surface area contributed by atoms with Crippen molar-refractivity contribution >= 4 is 88.5 Å². The van der Waals surface area contributed by atoms with E-state index in [1.54, 1.807) is 87.5 Å². The highest BCUT2D eigenvalue weighted by Gasteiger charge is 2.48. The maximum Gasteiger partial charge on any atom is 0.342 e. The number of carbonyl (C=O) groups is 7. The van der Waals surface area contributed by atoms with E-state index in [1.807, 2.05) is 27.7 Å². The van der Waals surface area contributed by atoms with Gasteiger partial charge in [0.25, 0.3) is 0 Å². The Morgan fingerprint density at radius 1 is 0.789 bits per heavy atom. The minimum absolute atomic E-state index is 0.00814. The van der Waals surface area contributed by atoms with Gasteiger partial charge >= 0.3 is 29.8 Å². The molecule has 2 amide bonds. The van der Waals surface area contributed by atoms with E-state index in [4.69, 9.17) is 24.1 Å². The Hall–Kier alpha value is -6.18. The zero-order valence-corrected chi connectivity index (χ0v) is 44.1. The van der Waals surface area contributed by atoms with Gasteiger partial charge in [0, 0.05) is 23.8 Å². The largest absolute Gasteiger partial charge is 0.481 e. The first-order valence-electron chi connectivity index (χ1n) is 23.2. The zero-order chi connectivity index (χ0) is 52.8. The number of carboxylic acids is 1. The zero-order valence-electron chi connectivity index (χ0n) is 42.4. The molecule has 384 valence electrons. The molecule has 4 atom stereocenters. The van der Waals surface area contributed by atoms with Crippen LogP contribution in [-0.4, -0.2) is 99.1 Å². The highest BCUT2D eigenvalue weighted by molar-refractivity contribution is 8.01. The number of amidine groups is 1. The molecule has 1 aliphatic rings. The fourth-order valence-electron chi connectivity index (χ4n) is 7.54. The van der Waals surface area contributed by atoms with Gasteiger partial charge in [-0.25, -0.2) is 19.4 Å². The highest BCUT2D eigenvalue weighted by atomic mass is 32.2. The maximum absolute atomic E-state index is 14.0. The second-order valence-corrected chi connectivity index (χ2v) is 22.0. The molecule has 2 heterocycles. The number of rotatable bonds is 22. The quantitative estimate of drug-likeness (QED) is 0.0183. The number of aliphatic carboxylic acids is 1. The molecule has 19 heteroatoms. The van der Waals surface area contributed by atoms with Crippen molar-refractivity contribution in [1.82, 2.24) is 10.3 Å². The SMILES string of the molecule is CCOC(=O)C1=C(c2ccccc2)/C(=C/c2[nH]c(NC(=O)C(C)SCCOC(=O)C(C)(CC(C)(C)C)C(C)(C)C)c(C(=O)OCC)c2-c2ccccc2)N=C1NC(=O)C(C)SC(CC(=O)O)OOC(C)=O. The summed E-state index contributed by atoms with van der Waals surface area (Å²) in [4.78, 5) is 110. The van der Waals surface area contributed by atoms with Crippen LogP contribution in [0.1, 0.15) is 118 Å². The average molecular weight is 1020 g/mol. The van der Waals surface area contributed by atoms with E-state index in [-0.39, 0.29) is 76.4 Å². The molecule has 0 radical (unpaired) electrons. The van der Waals surface area contributed by atoms with E-state index in [9.17, 15) is 38.7 Å². The van der Waals surface area contributed by atoms with Gasteiger partial charge < -0.3 is 34.9 Å². The fraction of sp³-hybridized carbons (Fsp3) is 0.462. The molecule has 3 aromatic rings. The van der Waals surface area contributed by atoms with Crippen LogP contribution in [0.5, 0.6) is 0 Å². The third-order valence-corrected chi connectivity index (χ3v) is 13.5. The number of nitrogens with zero attached hydrogens (tertiary/aromatic N) is 1. The number of H-pyrrole nitrogens is 1. The molecular weight excluding hydrogens is 953 g/mol. The van der Waals surface area contributed by atoms with Crippen LogP contribution >= 0.6 is 23.5 Å². The summed E-state index contributed by atoms with van der Waals surface area (Å²) in [6.07, 6.45) is 1.58. The Balaban J connectivity index is 1.80. The summed E-state index contributed by atoms with van der Waals surface area (Å²) in [7, 11) is 0.